The zero-order valence-corrected chi connectivity index (χ0v) is 10.0. The molecule has 0 rings (SSSR count). The first kappa shape index (κ1) is 14.1. The summed E-state index contributed by atoms with van der Waals surface area (Å²) < 4.78 is 5.02. The lowest BCUT2D eigenvalue weighted by Crippen LogP contribution is -2.43. The number of ketones is 1. The van der Waals surface area contributed by atoms with Gasteiger partial charge in [0.1, 0.15) is 5.78 Å². The zero-order chi connectivity index (χ0) is 11.8. The van der Waals surface area contributed by atoms with E-state index in [2.05, 4.69) is 5.32 Å². The van der Waals surface area contributed by atoms with E-state index < -0.39 is 6.23 Å². The van der Waals surface area contributed by atoms with Crippen molar-refractivity contribution in [1.29, 1.82) is 0 Å². The van der Waals surface area contributed by atoms with E-state index in [1.807, 2.05) is 6.92 Å². The Labute approximate surface area is 91.4 Å². The zero-order valence-electron chi connectivity index (χ0n) is 10.0. The van der Waals surface area contributed by atoms with Crippen LogP contribution in [0, 0.1) is 0 Å². The molecule has 0 radical (unpaired) electrons. The molecule has 0 saturated heterocycles. The predicted molar refractivity (Wildman–Crippen MR) is 58.4 cm³/mol. The molecule has 2 unspecified atom stereocenters. The summed E-state index contributed by atoms with van der Waals surface area (Å²) >= 11 is 0. The lowest BCUT2D eigenvalue weighted by atomic mass is 10.1. The van der Waals surface area contributed by atoms with Gasteiger partial charge in [0.15, 0.2) is 6.23 Å². The minimum absolute atomic E-state index is 0.0799. The average molecular weight is 215 g/mol. The summed E-state index contributed by atoms with van der Waals surface area (Å²) in [5.74, 6) is -0.176. The summed E-state index contributed by atoms with van der Waals surface area (Å²) in [6, 6.07) is -0.213. The highest BCUT2D eigenvalue weighted by atomic mass is 16.6. The van der Waals surface area contributed by atoms with Crippen LogP contribution in [-0.4, -0.2) is 24.0 Å². The number of ether oxygens (including phenoxy) is 1. The number of carbonyl (C=O) groups excluding carboxylic acids is 2. The molecule has 0 amide bonds. The predicted octanol–water partition coefficient (Wildman–Crippen LogP) is 1.63. The fourth-order valence-electron chi connectivity index (χ4n) is 1.29. The van der Waals surface area contributed by atoms with Crippen molar-refractivity contribution in [2.75, 3.05) is 0 Å². The highest BCUT2D eigenvalue weighted by molar-refractivity contribution is 5.81. The Morgan fingerprint density at radius 2 is 1.93 bits per heavy atom. The highest BCUT2D eigenvalue weighted by Crippen LogP contribution is 2.01. The van der Waals surface area contributed by atoms with E-state index in [4.69, 9.17) is 4.74 Å². The van der Waals surface area contributed by atoms with E-state index in [0.717, 1.165) is 12.8 Å². The van der Waals surface area contributed by atoms with Gasteiger partial charge in [-0.1, -0.05) is 20.3 Å². The summed E-state index contributed by atoms with van der Waals surface area (Å²) in [6.45, 7) is 7.03. The first-order valence-corrected chi connectivity index (χ1v) is 5.47. The minimum Gasteiger partial charge on any atom is -0.447 e. The molecule has 0 aliphatic rings. The number of rotatable bonds is 7. The molecule has 0 saturated carbocycles. The molecule has 0 fully saturated rings. The first-order chi connectivity index (χ1) is 7.01. The van der Waals surface area contributed by atoms with Crippen LogP contribution in [0.4, 0.5) is 0 Å². The Morgan fingerprint density at radius 1 is 1.33 bits per heavy atom. The molecule has 0 aromatic carbocycles. The Balaban J connectivity index is 4.04. The number of hydrogen-bond acceptors (Lipinski definition) is 4. The Morgan fingerprint density at radius 3 is 2.33 bits per heavy atom. The van der Waals surface area contributed by atoms with Gasteiger partial charge in [0.2, 0.25) is 0 Å². The average Bonchev–Trinajstić information content (AvgIpc) is 2.16. The van der Waals surface area contributed by atoms with Crippen LogP contribution in [0.5, 0.6) is 0 Å². The molecular weight excluding hydrogens is 194 g/mol. The summed E-state index contributed by atoms with van der Waals surface area (Å²) in [6.07, 6.45) is 1.64. The molecular formula is C11H21NO3. The molecule has 0 aromatic rings. The van der Waals surface area contributed by atoms with Gasteiger partial charge in [-0.05, 0) is 20.3 Å². The molecule has 2 atom stereocenters. The van der Waals surface area contributed by atoms with Crippen molar-refractivity contribution in [3.63, 3.8) is 0 Å². The van der Waals surface area contributed by atoms with Gasteiger partial charge in [-0.15, -0.1) is 0 Å². The van der Waals surface area contributed by atoms with Gasteiger partial charge in [0.05, 0.1) is 6.04 Å². The van der Waals surface area contributed by atoms with Crippen LogP contribution >= 0.6 is 0 Å². The number of nitrogens with one attached hydrogen (secondary N) is 1. The number of hydrogen-bond donors (Lipinski definition) is 1. The van der Waals surface area contributed by atoms with Gasteiger partial charge < -0.3 is 4.74 Å². The van der Waals surface area contributed by atoms with Crippen molar-refractivity contribution >= 4 is 11.8 Å². The lowest BCUT2D eigenvalue weighted by Gasteiger charge is -2.20. The second kappa shape index (κ2) is 7.40. The van der Waals surface area contributed by atoms with Gasteiger partial charge in [-0.2, -0.15) is 0 Å². The largest absolute Gasteiger partial charge is 0.447 e. The van der Waals surface area contributed by atoms with Crippen LogP contribution in [0.3, 0.4) is 0 Å². The third-order valence-electron chi connectivity index (χ3n) is 2.10. The number of Topliss-reactive ketones (excluding diaryl/α,β-unsaturated/α-hetero) is 1. The maximum Gasteiger partial charge on any atom is 0.307 e. The van der Waals surface area contributed by atoms with E-state index in [9.17, 15) is 9.59 Å². The van der Waals surface area contributed by atoms with E-state index in [1.54, 1.807) is 20.8 Å². The monoisotopic (exact) mass is 215 g/mol. The fraction of sp³-hybridized carbons (Fsp3) is 0.818. The van der Waals surface area contributed by atoms with E-state index in [-0.39, 0.29) is 17.8 Å². The van der Waals surface area contributed by atoms with E-state index in [0.29, 0.717) is 6.42 Å². The van der Waals surface area contributed by atoms with Gasteiger partial charge in [-0.25, -0.2) is 0 Å². The minimum atomic E-state index is -0.405. The molecule has 0 spiro atoms. The molecule has 0 aromatic heterocycles. The second-order valence-corrected chi connectivity index (χ2v) is 3.60. The third-order valence-corrected chi connectivity index (χ3v) is 2.10. The summed E-state index contributed by atoms with van der Waals surface area (Å²) in [5.41, 5.74) is 0. The van der Waals surface area contributed by atoms with Crippen LogP contribution in [0.2, 0.25) is 0 Å². The van der Waals surface area contributed by atoms with E-state index >= 15 is 0 Å². The Bertz CT molecular complexity index is 216. The summed E-state index contributed by atoms with van der Waals surface area (Å²) in [5, 5.41) is 2.99. The molecule has 0 aliphatic carbocycles. The maximum absolute atomic E-state index is 11.2. The molecule has 1 N–H and O–H groups in total. The van der Waals surface area contributed by atoms with Crippen LogP contribution in [0.1, 0.15) is 47.0 Å². The molecule has 0 bridgehead atoms. The van der Waals surface area contributed by atoms with Gasteiger partial charge in [0.25, 0.3) is 0 Å². The van der Waals surface area contributed by atoms with Crippen LogP contribution < -0.4 is 5.32 Å². The standard InChI is InChI=1S/C11H21NO3/c1-5-7-10(8(3)13)12-9(4)15-11(14)6-2/h9-10,12H,5-7H2,1-4H3. The number of carbonyl (C=O) groups is 2. The van der Waals surface area contributed by atoms with Crippen LogP contribution in [0.25, 0.3) is 0 Å². The Kier molecular flexibility index (Phi) is 6.96. The SMILES string of the molecule is CCCC(NC(C)OC(=O)CC)C(C)=O. The smallest absolute Gasteiger partial charge is 0.307 e. The first-order valence-electron chi connectivity index (χ1n) is 5.47. The van der Waals surface area contributed by atoms with Gasteiger partial charge in [-0.3, -0.25) is 14.9 Å². The molecule has 0 heterocycles. The van der Waals surface area contributed by atoms with Gasteiger partial charge >= 0.3 is 5.97 Å². The van der Waals surface area contributed by atoms with Crippen molar-refractivity contribution in [2.45, 2.75) is 59.2 Å². The Hall–Kier alpha value is -0.900. The molecule has 4 nitrogen and oxygen atoms in total. The van der Waals surface area contributed by atoms with Crippen molar-refractivity contribution < 1.29 is 14.3 Å². The molecule has 0 aliphatic heterocycles. The second-order valence-electron chi connectivity index (χ2n) is 3.60. The lowest BCUT2D eigenvalue weighted by molar-refractivity contribution is -0.150. The number of esters is 1. The van der Waals surface area contributed by atoms with Crippen molar-refractivity contribution in [3.8, 4) is 0 Å². The normalized spacial score (nSPS) is 14.4. The van der Waals surface area contributed by atoms with Crippen LogP contribution in [0.15, 0.2) is 0 Å². The maximum atomic E-state index is 11.2. The topological polar surface area (TPSA) is 55.4 Å². The van der Waals surface area contributed by atoms with E-state index in [1.165, 1.54) is 0 Å². The molecule has 88 valence electrons. The molecule has 15 heavy (non-hydrogen) atoms. The summed E-state index contributed by atoms with van der Waals surface area (Å²) in [7, 11) is 0. The quantitative estimate of drug-likeness (QED) is 0.518. The van der Waals surface area contributed by atoms with Crippen molar-refractivity contribution in [1.82, 2.24) is 5.32 Å². The molecule has 4 heteroatoms. The van der Waals surface area contributed by atoms with Crippen LogP contribution in [-0.2, 0) is 14.3 Å². The fourth-order valence-corrected chi connectivity index (χ4v) is 1.29. The highest BCUT2D eigenvalue weighted by Gasteiger charge is 2.17. The third kappa shape index (κ3) is 6.23. The van der Waals surface area contributed by atoms with Gasteiger partial charge in [0, 0.05) is 6.42 Å². The van der Waals surface area contributed by atoms with Crippen molar-refractivity contribution in [2.24, 2.45) is 0 Å². The van der Waals surface area contributed by atoms with Crippen molar-refractivity contribution in [3.05, 3.63) is 0 Å². The summed E-state index contributed by atoms with van der Waals surface area (Å²) in [4.78, 5) is 22.2.